The minimum atomic E-state index is -1.96. The maximum atomic E-state index is 13.9. The molecule has 0 aliphatic heterocycles. The molecule has 0 aromatic carbocycles. The van der Waals surface area contributed by atoms with Gasteiger partial charge in [0.15, 0.2) is 17.0 Å². The number of H-pyrrole nitrogens is 1. The van der Waals surface area contributed by atoms with Crippen LogP contribution in [0.15, 0.2) is 23.0 Å². The third kappa shape index (κ3) is 2.10. The van der Waals surface area contributed by atoms with E-state index in [9.17, 15) is 14.3 Å². The number of halogens is 1. The number of imidazole rings is 1. The Hall–Kier alpha value is -2.26. The number of anilines is 1. The molecule has 0 unspecified atom stereocenters. The standard InChI is InChI=1S/C12H14FN5O3/c1-2-21-12(20)4-6(3-7(12)13)18-5-15-8-9(18)16-11(14)17-10(8)19/h3,5-6,20H,2,4H2,1H3,(H3,14,16,17,19)/t6-,12-/m1/s1. The molecule has 1 aliphatic carbocycles. The number of nitrogens with two attached hydrogens (primary N) is 1. The molecule has 1 aliphatic rings. The van der Waals surface area contributed by atoms with E-state index in [0.29, 0.717) is 0 Å². The van der Waals surface area contributed by atoms with Crippen molar-refractivity contribution < 1.29 is 14.2 Å². The van der Waals surface area contributed by atoms with E-state index < -0.39 is 23.2 Å². The van der Waals surface area contributed by atoms with Crippen LogP contribution >= 0.6 is 0 Å². The number of hydrogen-bond donors (Lipinski definition) is 3. The van der Waals surface area contributed by atoms with Crippen LogP contribution in [0.4, 0.5) is 10.3 Å². The van der Waals surface area contributed by atoms with Gasteiger partial charge in [-0.25, -0.2) is 9.37 Å². The second-order valence-corrected chi connectivity index (χ2v) is 4.78. The highest BCUT2D eigenvalue weighted by atomic mass is 19.1. The Balaban J connectivity index is 2.05. The maximum Gasteiger partial charge on any atom is 0.280 e. The number of nitrogens with one attached hydrogen (secondary N) is 1. The largest absolute Gasteiger partial charge is 0.369 e. The molecule has 3 rings (SSSR count). The lowest BCUT2D eigenvalue weighted by molar-refractivity contribution is -0.183. The van der Waals surface area contributed by atoms with E-state index in [4.69, 9.17) is 10.5 Å². The molecule has 0 saturated heterocycles. The lowest BCUT2D eigenvalue weighted by atomic mass is 10.2. The molecule has 112 valence electrons. The van der Waals surface area contributed by atoms with E-state index in [2.05, 4.69) is 15.0 Å². The molecule has 0 radical (unpaired) electrons. The third-order valence-corrected chi connectivity index (χ3v) is 3.39. The number of nitrogen functional groups attached to an aromatic ring is 1. The van der Waals surface area contributed by atoms with Gasteiger partial charge in [0.25, 0.3) is 5.56 Å². The van der Waals surface area contributed by atoms with Gasteiger partial charge in [0, 0.05) is 13.0 Å². The quantitative estimate of drug-likeness (QED) is 0.697. The lowest BCUT2D eigenvalue weighted by Gasteiger charge is -2.23. The molecule has 0 saturated carbocycles. The molecular weight excluding hydrogens is 281 g/mol. The summed E-state index contributed by atoms with van der Waals surface area (Å²) in [5.41, 5.74) is 5.36. The van der Waals surface area contributed by atoms with Gasteiger partial charge in [-0.1, -0.05) is 0 Å². The Kier molecular flexibility index (Phi) is 3.03. The van der Waals surface area contributed by atoms with Crippen LogP contribution < -0.4 is 11.3 Å². The number of fused-ring (bicyclic) bond motifs is 1. The number of aliphatic hydroxyl groups is 1. The number of nitrogens with zero attached hydrogens (tertiary/aromatic N) is 3. The van der Waals surface area contributed by atoms with Crippen molar-refractivity contribution in [3.8, 4) is 0 Å². The van der Waals surface area contributed by atoms with Gasteiger partial charge in [-0.3, -0.25) is 9.78 Å². The summed E-state index contributed by atoms with van der Waals surface area (Å²) in [5.74, 6) is -2.78. The number of allylic oxidation sites excluding steroid dienone is 1. The molecule has 0 fully saturated rings. The van der Waals surface area contributed by atoms with E-state index in [0.717, 1.165) is 0 Å². The van der Waals surface area contributed by atoms with Crippen LogP contribution in [0.25, 0.3) is 11.2 Å². The monoisotopic (exact) mass is 295 g/mol. The first-order chi connectivity index (χ1) is 9.94. The van der Waals surface area contributed by atoms with E-state index >= 15 is 0 Å². The SMILES string of the molecule is CCO[C@]1(O)C[C@H](n2cnc3c(=O)[nH]c(N)nc32)C=C1F. The zero-order valence-corrected chi connectivity index (χ0v) is 11.2. The molecule has 0 bridgehead atoms. The molecule has 2 atom stereocenters. The molecule has 2 aromatic heterocycles. The van der Waals surface area contributed by atoms with Crippen LogP contribution in [0.2, 0.25) is 0 Å². The predicted octanol–water partition coefficient (Wildman–Crippen LogP) is 0.225. The molecule has 9 heteroatoms. The van der Waals surface area contributed by atoms with Gasteiger partial charge < -0.3 is 20.1 Å². The number of hydrogen-bond acceptors (Lipinski definition) is 6. The topological polar surface area (TPSA) is 119 Å². The summed E-state index contributed by atoms with van der Waals surface area (Å²) in [6.45, 7) is 1.83. The second kappa shape index (κ2) is 4.64. The predicted molar refractivity (Wildman–Crippen MR) is 72.0 cm³/mol. The summed E-state index contributed by atoms with van der Waals surface area (Å²) in [4.78, 5) is 22.0. The fraction of sp³-hybridized carbons (Fsp3) is 0.417. The third-order valence-electron chi connectivity index (χ3n) is 3.39. The fourth-order valence-electron chi connectivity index (χ4n) is 2.47. The van der Waals surface area contributed by atoms with Gasteiger partial charge in [-0.2, -0.15) is 4.98 Å². The van der Waals surface area contributed by atoms with Crippen molar-refractivity contribution >= 4 is 17.1 Å². The highest BCUT2D eigenvalue weighted by Crippen LogP contribution is 2.39. The van der Waals surface area contributed by atoms with Crippen molar-refractivity contribution in [2.24, 2.45) is 0 Å². The average molecular weight is 295 g/mol. The zero-order chi connectivity index (χ0) is 15.2. The van der Waals surface area contributed by atoms with Crippen molar-refractivity contribution in [3.63, 3.8) is 0 Å². The highest BCUT2D eigenvalue weighted by Gasteiger charge is 2.42. The summed E-state index contributed by atoms with van der Waals surface area (Å²) in [6.07, 6.45) is 2.54. The van der Waals surface area contributed by atoms with Crippen LogP contribution in [0.3, 0.4) is 0 Å². The molecule has 0 spiro atoms. The summed E-state index contributed by atoms with van der Waals surface area (Å²) >= 11 is 0. The minimum absolute atomic E-state index is 0.0352. The van der Waals surface area contributed by atoms with Crippen LogP contribution in [-0.2, 0) is 4.74 Å². The lowest BCUT2D eigenvalue weighted by Crippen LogP contribution is -2.31. The smallest absolute Gasteiger partial charge is 0.280 e. The highest BCUT2D eigenvalue weighted by molar-refractivity contribution is 5.70. The average Bonchev–Trinajstić information content (AvgIpc) is 2.92. The van der Waals surface area contributed by atoms with Gasteiger partial charge in [0.2, 0.25) is 11.7 Å². The summed E-state index contributed by atoms with van der Waals surface area (Å²) in [5, 5.41) is 10.1. The minimum Gasteiger partial charge on any atom is -0.369 e. The Morgan fingerprint density at radius 3 is 3.19 bits per heavy atom. The Bertz CT molecular complexity index is 783. The molecule has 8 nitrogen and oxygen atoms in total. The van der Waals surface area contributed by atoms with Crippen molar-refractivity contribution in [2.75, 3.05) is 12.3 Å². The van der Waals surface area contributed by atoms with E-state index in [1.807, 2.05) is 0 Å². The Labute approximate surface area is 118 Å². The van der Waals surface area contributed by atoms with E-state index in [1.54, 1.807) is 6.92 Å². The van der Waals surface area contributed by atoms with E-state index in [1.165, 1.54) is 17.0 Å². The summed E-state index contributed by atoms with van der Waals surface area (Å²) in [6, 6.07) is -0.569. The molecule has 2 heterocycles. The van der Waals surface area contributed by atoms with E-state index in [-0.39, 0.29) is 30.1 Å². The summed E-state index contributed by atoms with van der Waals surface area (Å²) in [7, 11) is 0. The van der Waals surface area contributed by atoms with Gasteiger partial charge >= 0.3 is 0 Å². The molecular formula is C12H14FN5O3. The van der Waals surface area contributed by atoms with Crippen molar-refractivity contribution in [3.05, 3.63) is 28.6 Å². The number of rotatable bonds is 3. The Morgan fingerprint density at radius 1 is 1.71 bits per heavy atom. The van der Waals surface area contributed by atoms with Crippen LogP contribution in [0.1, 0.15) is 19.4 Å². The number of aromatic amines is 1. The second-order valence-electron chi connectivity index (χ2n) is 4.78. The van der Waals surface area contributed by atoms with Gasteiger partial charge in [-0.15, -0.1) is 0 Å². The fourth-order valence-corrected chi connectivity index (χ4v) is 2.47. The van der Waals surface area contributed by atoms with Crippen LogP contribution in [0, 0.1) is 0 Å². The van der Waals surface area contributed by atoms with Crippen molar-refractivity contribution in [2.45, 2.75) is 25.2 Å². The van der Waals surface area contributed by atoms with Crippen molar-refractivity contribution in [1.82, 2.24) is 19.5 Å². The maximum absolute atomic E-state index is 13.9. The first-order valence-electron chi connectivity index (χ1n) is 6.41. The van der Waals surface area contributed by atoms with Crippen LogP contribution in [-0.4, -0.2) is 37.0 Å². The van der Waals surface area contributed by atoms with Gasteiger partial charge in [-0.05, 0) is 13.0 Å². The molecule has 4 N–H and O–H groups in total. The van der Waals surface area contributed by atoms with Crippen molar-refractivity contribution in [1.29, 1.82) is 0 Å². The first-order valence-corrected chi connectivity index (χ1v) is 6.41. The summed E-state index contributed by atoms with van der Waals surface area (Å²) < 4.78 is 20.4. The zero-order valence-electron chi connectivity index (χ0n) is 11.2. The molecule has 0 amide bonds. The normalized spacial score (nSPS) is 25.5. The Morgan fingerprint density at radius 2 is 2.48 bits per heavy atom. The van der Waals surface area contributed by atoms with Crippen LogP contribution in [0.5, 0.6) is 0 Å². The number of aromatic nitrogens is 4. The van der Waals surface area contributed by atoms with Gasteiger partial charge in [0.05, 0.1) is 12.4 Å². The van der Waals surface area contributed by atoms with Gasteiger partial charge in [0.1, 0.15) is 0 Å². The molecule has 21 heavy (non-hydrogen) atoms. The molecule has 2 aromatic rings. The first kappa shape index (κ1) is 13.7. The number of ether oxygens (including phenoxy) is 1.